The molecule has 0 unspecified atom stereocenters. The third kappa shape index (κ3) is 1.97. The smallest absolute Gasteiger partial charge is 0.287 e. The Kier molecular flexibility index (Phi) is 3.20. The summed E-state index contributed by atoms with van der Waals surface area (Å²) in [4.78, 5) is 36.7. The average molecular weight is 297 g/mol. The molecule has 0 saturated carbocycles. The minimum atomic E-state index is -0.626. The van der Waals surface area contributed by atoms with Gasteiger partial charge in [-0.1, -0.05) is 24.3 Å². The summed E-state index contributed by atoms with van der Waals surface area (Å²) in [5.41, 5.74) is 1.46. The van der Waals surface area contributed by atoms with Crippen LogP contribution in [0.3, 0.4) is 0 Å². The first kappa shape index (κ1) is 14.3. The van der Waals surface area contributed by atoms with E-state index in [-0.39, 0.29) is 23.3 Å². The molecule has 22 heavy (non-hydrogen) atoms. The maximum Gasteiger partial charge on any atom is 0.287 e. The van der Waals surface area contributed by atoms with Gasteiger partial charge in [0.05, 0.1) is 5.56 Å². The lowest BCUT2D eigenvalue weighted by molar-refractivity contribution is 0.0814. The van der Waals surface area contributed by atoms with Crippen molar-refractivity contribution in [3.63, 3.8) is 0 Å². The van der Waals surface area contributed by atoms with Crippen molar-refractivity contribution in [1.82, 2.24) is 5.32 Å². The molecule has 1 aromatic carbocycles. The molecular weight excluding hydrogens is 282 g/mol. The van der Waals surface area contributed by atoms with Crippen molar-refractivity contribution in [3.8, 4) is 11.3 Å². The van der Waals surface area contributed by atoms with Gasteiger partial charge >= 0.3 is 0 Å². The van der Waals surface area contributed by atoms with E-state index in [0.29, 0.717) is 22.5 Å². The second kappa shape index (κ2) is 4.94. The SMILES string of the molecule is Cc1c(C(=O)NC(C)C)oc2c1C(=O)C(=O)c1ccccc1-2. The number of nitrogens with one attached hydrogen (secondary N) is 1. The van der Waals surface area contributed by atoms with Crippen LogP contribution in [0.4, 0.5) is 0 Å². The van der Waals surface area contributed by atoms with Crippen molar-refractivity contribution in [1.29, 1.82) is 0 Å². The lowest BCUT2D eigenvalue weighted by atomic mass is 9.87. The maximum atomic E-state index is 12.3. The quantitative estimate of drug-likeness (QED) is 0.865. The van der Waals surface area contributed by atoms with Crippen LogP contribution in [0.15, 0.2) is 28.7 Å². The van der Waals surface area contributed by atoms with E-state index < -0.39 is 11.6 Å². The summed E-state index contributed by atoms with van der Waals surface area (Å²) in [7, 11) is 0. The van der Waals surface area contributed by atoms with Crippen LogP contribution in [-0.4, -0.2) is 23.5 Å². The van der Waals surface area contributed by atoms with Crippen LogP contribution in [0.25, 0.3) is 11.3 Å². The van der Waals surface area contributed by atoms with Gasteiger partial charge in [-0.2, -0.15) is 0 Å². The Bertz CT molecular complexity index is 814. The van der Waals surface area contributed by atoms with Gasteiger partial charge in [0.15, 0.2) is 5.76 Å². The molecule has 5 heteroatoms. The van der Waals surface area contributed by atoms with Crippen molar-refractivity contribution in [3.05, 3.63) is 46.7 Å². The number of Topliss-reactive ketones (excluding diaryl/α,β-unsaturated/α-hetero) is 2. The van der Waals surface area contributed by atoms with Crippen LogP contribution >= 0.6 is 0 Å². The number of ketones is 2. The highest BCUT2D eigenvalue weighted by atomic mass is 16.4. The molecule has 1 aliphatic carbocycles. The number of hydrogen-bond acceptors (Lipinski definition) is 4. The number of fused-ring (bicyclic) bond motifs is 3. The fourth-order valence-electron chi connectivity index (χ4n) is 2.64. The number of furan rings is 1. The number of hydrogen-bond donors (Lipinski definition) is 1. The summed E-state index contributed by atoms with van der Waals surface area (Å²) in [5, 5.41) is 2.73. The molecule has 0 spiro atoms. The molecule has 0 radical (unpaired) electrons. The van der Waals surface area contributed by atoms with Gasteiger partial charge in [-0.15, -0.1) is 0 Å². The van der Waals surface area contributed by atoms with Crippen LogP contribution in [-0.2, 0) is 0 Å². The van der Waals surface area contributed by atoms with Gasteiger partial charge in [0.1, 0.15) is 5.76 Å². The summed E-state index contributed by atoms with van der Waals surface area (Å²) in [6, 6.07) is 6.70. The highest BCUT2D eigenvalue weighted by molar-refractivity contribution is 6.53. The monoisotopic (exact) mass is 297 g/mol. The van der Waals surface area contributed by atoms with E-state index in [4.69, 9.17) is 4.42 Å². The van der Waals surface area contributed by atoms with Crippen molar-refractivity contribution in [2.24, 2.45) is 0 Å². The van der Waals surface area contributed by atoms with Gasteiger partial charge in [0.25, 0.3) is 5.91 Å². The number of carbonyl (C=O) groups is 3. The molecule has 0 aliphatic heterocycles. The van der Waals surface area contributed by atoms with E-state index in [1.807, 2.05) is 13.8 Å². The van der Waals surface area contributed by atoms with Crippen LogP contribution in [0, 0.1) is 6.92 Å². The van der Waals surface area contributed by atoms with Crippen LogP contribution < -0.4 is 5.32 Å². The molecular formula is C17H15NO4. The summed E-state index contributed by atoms with van der Waals surface area (Å²) in [6.45, 7) is 5.29. The van der Waals surface area contributed by atoms with E-state index in [1.165, 1.54) is 0 Å². The highest BCUT2D eigenvalue weighted by Crippen LogP contribution is 2.38. The molecule has 1 N–H and O–H groups in total. The molecule has 1 aliphatic rings. The Labute approximate surface area is 127 Å². The largest absolute Gasteiger partial charge is 0.450 e. The first-order valence-electron chi connectivity index (χ1n) is 7.04. The lowest BCUT2D eigenvalue weighted by Crippen LogP contribution is -2.30. The Hall–Kier alpha value is -2.69. The molecule has 2 aromatic rings. The highest BCUT2D eigenvalue weighted by Gasteiger charge is 2.37. The molecule has 0 bridgehead atoms. The zero-order valence-electron chi connectivity index (χ0n) is 12.5. The van der Waals surface area contributed by atoms with Gasteiger partial charge < -0.3 is 9.73 Å². The van der Waals surface area contributed by atoms with Crippen molar-refractivity contribution in [2.45, 2.75) is 26.8 Å². The van der Waals surface area contributed by atoms with Crippen LogP contribution in [0.5, 0.6) is 0 Å². The van der Waals surface area contributed by atoms with Gasteiger partial charge in [-0.05, 0) is 20.8 Å². The first-order chi connectivity index (χ1) is 10.4. The molecule has 112 valence electrons. The van der Waals surface area contributed by atoms with Gasteiger partial charge in [0.2, 0.25) is 11.6 Å². The number of rotatable bonds is 2. The van der Waals surface area contributed by atoms with E-state index >= 15 is 0 Å². The van der Waals surface area contributed by atoms with E-state index in [0.717, 1.165) is 0 Å². The predicted molar refractivity (Wildman–Crippen MR) is 80.1 cm³/mol. The molecule has 0 atom stereocenters. The lowest BCUT2D eigenvalue weighted by Gasteiger charge is -2.12. The zero-order chi connectivity index (χ0) is 16.0. The number of benzene rings is 1. The fraction of sp³-hybridized carbons (Fsp3) is 0.235. The van der Waals surface area contributed by atoms with E-state index in [1.54, 1.807) is 31.2 Å². The summed E-state index contributed by atoms with van der Waals surface area (Å²) in [5.74, 6) is -1.20. The summed E-state index contributed by atoms with van der Waals surface area (Å²) < 4.78 is 5.66. The number of amides is 1. The topological polar surface area (TPSA) is 76.4 Å². The Morgan fingerprint density at radius 3 is 2.36 bits per heavy atom. The molecule has 5 nitrogen and oxygen atoms in total. The van der Waals surface area contributed by atoms with Crippen molar-refractivity contribution >= 4 is 17.5 Å². The minimum absolute atomic E-state index is 0.0568. The molecule has 0 saturated heterocycles. The molecule has 1 heterocycles. The van der Waals surface area contributed by atoms with E-state index in [9.17, 15) is 14.4 Å². The normalized spacial score (nSPS) is 13.1. The minimum Gasteiger partial charge on any atom is -0.450 e. The second-order valence-corrected chi connectivity index (χ2v) is 5.59. The maximum absolute atomic E-state index is 12.3. The third-order valence-electron chi connectivity index (χ3n) is 3.62. The van der Waals surface area contributed by atoms with Crippen LogP contribution in [0.2, 0.25) is 0 Å². The Morgan fingerprint density at radius 1 is 1.09 bits per heavy atom. The Morgan fingerprint density at radius 2 is 1.73 bits per heavy atom. The van der Waals surface area contributed by atoms with Crippen LogP contribution in [0.1, 0.15) is 50.7 Å². The van der Waals surface area contributed by atoms with Gasteiger partial charge in [0, 0.05) is 22.7 Å². The second-order valence-electron chi connectivity index (χ2n) is 5.59. The third-order valence-corrected chi connectivity index (χ3v) is 3.62. The molecule has 1 amide bonds. The number of carbonyl (C=O) groups excluding carboxylic acids is 3. The molecule has 1 aromatic heterocycles. The predicted octanol–water partition coefficient (Wildman–Crippen LogP) is 2.77. The summed E-state index contributed by atoms with van der Waals surface area (Å²) in [6.07, 6.45) is 0. The Balaban J connectivity index is 2.21. The average Bonchev–Trinajstić information content (AvgIpc) is 2.82. The van der Waals surface area contributed by atoms with E-state index in [2.05, 4.69) is 5.32 Å². The zero-order valence-corrected chi connectivity index (χ0v) is 12.5. The van der Waals surface area contributed by atoms with Gasteiger partial charge in [-0.25, -0.2) is 0 Å². The standard InChI is InChI=1S/C17H15NO4/c1-8(2)18-17(21)15-9(3)12-14(20)13(19)10-6-4-5-7-11(10)16(12)22-15/h4-8H,1-3H3,(H,18,21). The van der Waals surface area contributed by atoms with Crippen molar-refractivity contribution in [2.75, 3.05) is 0 Å². The van der Waals surface area contributed by atoms with Crippen molar-refractivity contribution < 1.29 is 18.8 Å². The van der Waals surface area contributed by atoms with Gasteiger partial charge in [-0.3, -0.25) is 14.4 Å². The summed E-state index contributed by atoms with van der Waals surface area (Å²) >= 11 is 0. The molecule has 3 rings (SSSR count). The molecule has 0 fully saturated rings. The first-order valence-corrected chi connectivity index (χ1v) is 7.04. The fourth-order valence-corrected chi connectivity index (χ4v) is 2.64.